The molecule has 0 bridgehead atoms. The van der Waals surface area contributed by atoms with Gasteiger partial charge in [0.2, 0.25) is 0 Å². The Balaban J connectivity index is 2.53. The molecule has 0 fully saturated rings. The van der Waals surface area contributed by atoms with Crippen LogP contribution in [0.4, 0.5) is 0 Å². The first-order chi connectivity index (χ1) is 6.81. The van der Waals surface area contributed by atoms with Gasteiger partial charge in [-0.2, -0.15) is 0 Å². The number of nitrogens with zero attached hydrogens (tertiary/aromatic N) is 4. The summed E-state index contributed by atoms with van der Waals surface area (Å²) in [5.41, 5.74) is 2.73. The minimum absolute atomic E-state index is 0.0170. The third-order valence-electron chi connectivity index (χ3n) is 2.00. The SMILES string of the molecule is Cc1ccc(-n2cnnn2)c(CO)c1. The van der Waals surface area contributed by atoms with Crippen LogP contribution in [0.1, 0.15) is 11.1 Å². The molecule has 5 nitrogen and oxygen atoms in total. The summed E-state index contributed by atoms with van der Waals surface area (Å²) in [6.07, 6.45) is 1.50. The van der Waals surface area contributed by atoms with Crippen LogP contribution in [0.15, 0.2) is 24.5 Å². The third kappa shape index (κ3) is 1.49. The molecule has 1 heterocycles. The number of hydrogen-bond acceptors (Lipinski definition) is 4. The second kappa shape index (κ2) is 3.55. The maximum Gasteiger partial charge on any atom is 0.143 e. The van der Waals surface area contributed by atoms with Gasteiger partial charge < -0.3 is 5.11 Å². The molecule has 0 saturated carbocycles. The van der Waals surface area contributed by atoms with Gasteiger partial charge in [0.15, 0.2) is 0 Å². The van der Waals surface area contributed by atoms with Gasteiger partial charge in [-0.25, -0.2) is 4.68 Å². The van der Waals surface area contributed by atoms with Crippen molar-refractivity contribution in [2.45, 2.75) is 13.5 Å². The normalized spacial score (nSPS) is 10.4. The van der Waals surface area contributed by atoms with Crippen molar-refractivity contribution >= 4 is 0 Å². The fourth-order valence-corrected chi connectivity index (χ4v) is 1.34. The van der Waals surface area contributed by atoms with E-state index in [2.05, 4.69) is 15.5 Å². The minimum Gasteiger partial charge on any atom is -0.392 e. The van der Waals surface area contributed by atoms with Gasteiger partial charge in [0, 0.05) is 5.56 Å². The quantitative estimate of drug-likeness (QED) is 0.747. The molecule has 1 N–H and O–H groups in total. The predicted molar refractivity (Wildman–Crippen MR) is 49.8 cm³/mol. The zero-order chi connectivity index (χ0) is 9.97. The van der Waals surface area contributed by atoms with Crippen molar-refractivity contribution in [3.63, 3.8) is 0 Å². The zero-order valence-corrected chi connectivity index (χ0v) is 7.75. The van der Waals surface area contributed by atoms with Crippen molar-refractivity contribution in [3.8, 4) is 5.69 Å². The number of aliphatic hydroxyl groups is 1. The molecule has 0 atom stereocenters. The molecule has 5 heteroatoms. The summed E-state index contributed by atoms with van der Waals surface area (Å²) in [5, 5.41) is 20.0. The second-order valence-electron chi connectivity index (χ2n) is 3.04. The third-order valence-corrected chi connectivity index (χ3v) is 2.00. The summed E-state index contributed by atoms with van der Waals surface area (Å²) in [4.78, 5) is 0. The molecule has 72 valence electrons. The first-order valence-electron chi connectivity index (χ1n) is 4.25. The first-order valence-corrected chi connectivity index (χ1v) is 4.25. The standard InChI is InChI=1S/C9H10N4O/c1-7-2-3-9(8(4-7)5-14)13-6-10-11-12-13/h2-4,6,14H,5H2,1H3. The Morgan fingerprint density at radius 2 is 2.29 bits per heavy atom. The lowest BCUT2D eigenvalue weighted by atomic mass is 10.1. The number of aromatic nitrogens is 4. The van der Waals surface area contributed by atoms with Crippen LogP contribution in [0.25, 0.3) is 5.69 Å². The van der Waals surface area contributed by atoms with E-state index in [0.29, 0.717) is 0 Å². The Morgan fingerprint density at radius 3 is 2.93 bits per heavy atom. The molecule has 0 saturated heterocycles. The Morgan fingerprint density at radius 1 is 1.43 bits per heavy atom. The predicted octanol–water partition coefficient (Wildman–Crippen LogP) is 0.463. The highest BCUT2D eigenvalue weighted by Gasteiger charge is 2.04. The van der Waals surface area contributed by atoms with E-state index >= 15 is 0 Å². The van der Waals surface area contributed by atoms with Gasteiger partial charge in [-0.1, -0.05) is 17.7 Å². The maximum absolute atomic E-state index is 9.16. The molecule has 0 aliphatic heterocycles. The number of aryl methyl sites for hydroxylation is 1. The highest BCUT2D eigenvalue weighted by Crippen LogP contribution is 2.14. The maximum atomic E-state index is 9.16. The minimum atomic E-state index is -0.0170. The van der Waals surface area contributed by atoms with Gasteiger partial charge >= 0.3 is 0 Å². The van der Waals surface area contributed by atoms with E-state index in [4.69, 9.17) is 5.11 Å². The van der Waals surface area contributed by atoms with Crippen molar-refractivity contribution in [3.05, 3.63) is 35.7 Å². The van der Waals surface area contributed by atoms with Gasteiger partial charge in [0.1, 0.15) is 6.33 Å². The van der Waals surface area contributed by atoms with Crippen LogP contribution < -0.4 is 0 Å². The lowest BCUT2D eigenvalue weighted by molar-refractivity contribution is 0.281. The molecular formula is C9H10N4O. The van der Waals surface area contributed by atoms with Crippen LogP contribution in [0, 0.1) is 6.92 Å². The van der Waals surface area contributed by atoms with Crippen LogP contribution in [0.3, 0.4) is 0 Å². The summed E-state index contributed by atoms with van der Waals surface area (Å²) >= 11 is 0. The molecule has 0 aliphatic carbocycles. The highest BCUT2D eigenvalue weighted by molar-refractivity contribution is 5.41. The van der Waals surface area contributed by atoms with Crippen molar-refractivity contribution in [2.24, 2.45) is 0 Å². The number of rotatable bonds is 2. The largest absolute Gasteiger partial charge is 0.392 e. The van der Waals surface area contributed by atoms with Crippen LogP contribution in [-0.4, -0.2) is 25.3 Å². The fraction of sp³-hybridized carbons (Fsp3) is 0.222. The van der Waals surface area contributed by atoms with Gasteiger partial charge in [0.05, 0.1) is 12.3 Å². The van der Waals surface area contributed by atoms with E-state index < -0.39 is 0 Å². The first kappa shape index (κ1) is 8.83. The summed E-state index contributed by atoms with van der Waals surface area (Å²) in [6, 6.07) is 5.75. The molecule has 1 aromatic carbocycles. The molecule has 1 aromatic heterocycles. The average Bonchev–Trinajstić information content (AvgIpc) is 2.70. The average molecular weight is 190 g/mol. The number of aliphatic hydroxyl groups excluding tert-OH is 1. The van der Waals surface area contributed by atoms with Gasteiger partial charge in [-0.05, 0) is 23.4 Å². The lowest BCUT2D eigenvalue weighted by Gasteiger charge is -2.06. The molecule has 0 unspecified atom stereocenters. The van der Waals surface area contributed by atoms with Crippen molar-refractivity contribution < 1.29 is 5.11 Å². The highest BCUT2D eigenvalue weighted by atomic mass is 16.3. The van der Waals surface area contributed by atoms with Crippen LogP contribution >= 0.6 is 0 Å². The topological polar surface area (TPSA) is 63.8 Å². The van der Waals surface area contributed by atoms with E-state index in [1.54, 1.807) is 0 Å². The van der Waals surface area contributed by atoms with Crippen LogP contribution in [0.5, 0.6) is 0 Å². The summed E-state index contributed by atoms with van der Waals surface area (Å²) in [5.74, 6) is 0. The molecule has 2 aromatic rings. The number of benzene rings is 1. The van der Waals surface area contributed by atoms with E-state index in [9.17, 15) is 0 Å². The molecular weight excluding hydrogens is 180 g/mol. The zero-order valence-electron chi connectivity index (χ0n) is 7.75. The second-order valence-corrected chi connectivity index (χ2v) is 3.04. The smallest absolute Gasteiger partial charge is 0.143 e. The Hall–Kier alpha value is -1.75. The number of tetrazole rings is 1. The molecule has 0 radical (unpaired) electrons. The van der Waals surface area contributed by atoms with E-state index in [1.165, 1.54) is 11.0 Å². The van der Waals surface area contributed by atoms with Gasteiger partial charge in [0.25, 0.3) is 0 Å². The van der Waals surface area contributed by atoms with E-state index in [-0.39, 0.29) is 6.61 Å². The van der Waals surface area contributed by atoms with Crippen molar-refractivity contribution in [1.29, 1.82) is 0 Å². The summed E-state index contributed by atoms with van der Waals surface area (Å²) in [7, 11) is 0. The monoisotopic (exact) mass is 190 g/mol. The van der Waals surface area contributed by atoms with E-state index in [1.807, 2.05) is 25.1 Å². The van der Waals surface area contributed by atoms with Gasteiger partial charge in [-0.15, -0.1) is 5.10 Å². The summed E-state index contributed by atoms with van der Waals surface area (Å²) < 4.78 is 1.53. The molecule has 0 amide bonds. The molecule has 0 spiro atoms. The van der Waals surface area contributed by atoms with Crippen LogP contribution in [0.2, 0.25) is 0 Å². The Kier molecular flexibility index (Phi) is 2.24. The molecule has 0 aliphatic rings. The van der Waals surface area contributed by atoms with Gasteiger partial charge in [-0.3, -0.25) is 0 Å². The van der Waals surface area contributed by atoms with E-state index in [0.717, 1.165) is 16.8 Å². The van der Waals surface area contributed by atoms with Crippen molar-refractivity contribution in [2.75, 3.05) is 0 Å². The number of hydrogen-bond donors (Lipinski definition) is 1. The summed E-state index contributed by atoms with van der Waals surface area (Å²) in [6.45, 7) is 1.96. The lowest BCUT2D eigenvalue weighted by Crippen LogP contribution is -2.01. The fourth-order valence-electron chi connectivity index (χ4n) is 1.34. The molecule has 2 rings (SSSR count). The Bertz CT molecular complexity index is 424. The Labute approximate surface area is 81.0 Å². The molecule has 14 heavy (non-hydrogen) atoms. The van der Waals surface area contributed by atoms with Crippen LogP contribution in [-0.2, 0) is 6.61 Å². The van der Waals surface area contributed by atoms with Crippen molar-refractivity contribution in [1.82, 2.24) is 20.2 Å².